The number of hydrogen-bond acceptors (Lipinski definition) is 5. The van der Waals surface area contributed by atoms with Gasteiger partial charge in [0.05, 0.1) is 35.2 Å². The lowest BCUT2D eigenvalue weighted by Crippen LogP contribution is -2.52. The molecule has 2 fully saturated rings. The first kappa shape index (κ1) is 22.8. The van der Waals surface area contributed by atoms with E-state index in [4.69, 9.17) is 0 Å². The number of ketones is 1. The third-order valence-corrected chi connectivity index (χ3v) is 8.92. The first-order chi connectivity index (χ1) is 19.0. The molecule has 1 N–H and O–H groups in total. The number of Topliss-reactive ketones (excluding diaryl/α,β-unsaturated/α-hetero) is 1. The maximum atomic E-state index is 15.1. The Morgan fingerprint density at radius 3 is 2.87 bits per heavy atom. The fourth-order valence-corrected chi connectivity index (χ4v) is 7.05. The summed E-state index contributed by atoms with van der Waals surface area (Å²) in [7, 11) is 2.12. The lowest BCUT2D eigenvalue weighted by molar-refractivity contribution is -0.112. The monoisotopic (exact) mass is 525 g/mol. The van der Waals surface area contributed by atoms with Crippen LogP contribution in [-0.4, -0.2) is 85.8 Å². The topological polar surface area (TPSA) is 78.1 Å². The minimum atomic E-state index is -0.372. The van der Waals surface area contributed by atoms with E-state index in [0.717, 1.165) is 41.9 Å². The largest absolute Gasteiger partial charge is 0.375 e. The Bertz CT molecular complexity index is 1730. The number of halogens is 1. The van der Waals surface area contributed by atoms with Gasteiger partial charge in [-0.05, 0) is 43.3 Å². The van der Waals surface area contributed by atoms with Gasteiger partial charge in [-0.25, -0.2) is 14.2 Å². The van der Waals surface area contributed by atoms with Gasteiger partial charge in [-0.1, -0.05) is 6.07 Å². The van der Waals surface area contributed by atoms with Crippen molar-refractivity contribution in [3.63, 3.8) is 0 Å². The predicted molar refractivity (Wildman–Crippen MR) is 144 cm³/mol. The van der Waals surface area contributed by atoms with Crippen molar-refractivity contribution in [1.82, 2.24) is 34.0 Å². The van der Waals surface area contributed by atoms with Crippen molar-refractivity contribution in [2.45, 2.75) is 31.6 Å². The van der Waals surface area contributed by atoms with Crippen molar-refractivity contribution in [2.75, 3.05) is 33.2 Å². The molecule has 3 aromatic heterocycles. The van der Waals surface area contributed by atoms with Crippen LogP contribution >= 0.6 is 0 Å². The van der Waals surface area contributed by atoms with Crippen LogP contribution < -0.4 is 5.32 Å². The number of rotatable bonds is 2. The summed E-state index contributed by atoms with van der Waals surface area (Å²) in [5, 5.41) is 3.97. The van der Waals surface area contributed by atoms with E-state index in [2.05, 4.69) is 26.8 Å². The smallest absolute Gasteiger partial charge is 0.320 e. The molecule has 198 valence electrons. The molecule has 4 aromatic rings. The van der Waals surface area contributed by atoms with Crippen LogP contribution in [0.1, 0.15) is 23.2 Å². The number of urea groups is 1. The Morgan fingerprint density at radius 2 is 2.05 bits per heavy atom. The second-order valence-corrected chi connectivity index (χ2v) is 11.1. The number of piperazine rings is 1. The van der Waals surface area contributed by atoms with Gasteiger partial charge in [0, 0.05) is 68.2 Å². The summed E-state index contributed by atoms with van der Waals surface area (Å²) < 4.78 is 19.2. The van der Waals surface area contributed by atoms with Gasteiger partial charge in [0.2, 0.25) is 0 Å². The lowest BCUT2D eigenvalue weighted by atomic mass is 9.99. The number of likely N-dealkylation sites (tertiary alicyclic amines) is 2. The van der Waals surface area contributed by atoms with Gasteiger partial charge in [-0.15, -0.1) is 0 Å². The molecule has 9 nitrogen and oxygen atoms in total. The van der Waals surface area contributed by atoms with Crippen LogP contribution in [0.25, 0.3) is 27.8 Å². The molecule has 7 heterocycles. The maximum absolute atomic E-state index is 15.1. The molecule has 2 bridgehead atoms. The number of imidazole rings is 1. The maximum Gasteiger partial charge on any atom is 0.320 e. The number of pyridine rings is 1. The minimum absolute atomic E-state index is 0.0340. The number of carbonyl (C=O) groups excluding carboxylic acids is 2. The number of fused-ring (bicyclic) bond motifs is 3. The molecule has 0 spiro atoms. The van der Waals surface area contributed by atoms with E-state index in [0.29, 0.717) is 47.9 Å². The Balaban J connectivity index is 1.21. The van der Waals surface area contributed by atoms with E-state index in [1.54, 1.807) is 6.20 Å². The lowest BCUT2D eigenvalue weighted by Gasteiger charge is -2.35. The average Bonchev–Trinajstić information content (AvgIpc) is 3.72. The molecule has 0 radical (unpaired) electrons. The van der Waals surface area contributed by atoms with E-state index in [1.807, 2.05) is 44.8 Å². The quantitative estimate of drug-likeness (QED) is 0.436. The summed E-state index contributed by atoms with van der Waals surface area (Å²) in [6.07, 6.45) is 6.66. The number of hydrogen-bond donors (Lipinski definition) is 1. The summed E-state index contributed by atoms with van der Waals surface area (Å²) in [5.74, 6) is -0.410. The third kappa shape index (κ3) is 3.30. The molecular weight excluding hydrogens is 497 g/mol. The van der Waals surface area contributed by atoms with Crippen LogP contribution in [0.4, 0.5) is 9.18 Å². The van der Waals surface area contributed by atoms with Gasteiger partial charge in [0.15, 0.2) is 5.78 Å². The Kier molecular flexibility index (Phi) is 4.76. The summed E-state index contributed by atoms with van der Waals surface area (Å²) >= 11 is 0. The predicted octanol–water partition coefficient (Wildman–Crippen LogP) is 2.79. The van der Waals surface area contributed by atoms with Gasteiger partial charge in [-0.2, -0.15) is 0 Å². The minimum Gasteiger partial charge on any atom is -0.375 e. The summed E-state index contributed by atoms with van der Waals surface area (Å²) in [5.41, 5.74) is 5.18. The van der Waals surface area contributed by atoms with E-state index >= 15 is 4.39 Å². The van der Waals surface area contributed by atoms with E-state index in [-0.39, 0.29) is 30.2 Å². The van der Waals surface area contributed by atoms with Crippen LogP contribution in [0.5, 0.6) is 0 Å². The molecule has 39 heavy (non-hydrogen) atoms. The number of amides is 2. The molecule has 4 aliphatic rings. The molecule has 0 saturated carbocycles. The number of nitrogens with one attached hydrogen (secondary N) is 1. The van der Waals surface area contributed by atoms with Gasteiger partial charge in [0.25, 0.3) is 0 Å². The molecule has 2 saturated heterocycles. The molecule has 2 unspecified atom stereocenters. The van der Waals surface area contributed by atoms with Crippen molar-refractivity contribution in [3.05, 3.63) is 71.6 Å². The van der Waals surface area contributed by atoms with E-state index in [9.17, 15) is 9.59 Å². The van der Waals surface area contributed by atoms with Crippen molar-refractivity contribution in [1.29, 1.82) is 0 Å². The van der Waals surface area contributed by atoms with Gasteiger partial charge >= 0.3 is 6.03 Å². The van der Waals surface area contributed by atoms with Crippen LogP contribution in [-0.2, 0) is 17.9 Å². The summed E-state index contributed by atoms with van der Waals surface area (Å²) in [4.78, 5) is 37.5. The van der Waals surface area contributed by atoms with E-state index < -0.39 is 0 Å². The zero-order valence-corrected chi connectivity index (χ0v) is 21.6. The van der Waals surface area contributed by atoms with Crippen molar-refractivity contribution < 1.29 is 14.0 Å². The SMILES string of the molecule is CN1CC2CC1CN2C(=O)N1CCn2cc(C3=C(c4cnc5ccccn45)NCC3=O)c3cc(F)cc(c32)C1. The number of likely N-dealkylation sites (N-methyl/N-ethyl adjacent to an activating group) is 1. The molecule has 4 aliphatic heterocycles. The highest BCUT2D eigenvalue weighted by atomic mass is 19.1. The van der Waals surface area contributed by atoms with E-state index in [1.165, 1.54) is 12.1 Å². The standard InChI is InChI=1S/C29H28FN7O2/c1-33-14-20-10-19(33)15-37(20)29(39)35-7-6-34-16-22(21-9-18(30)8-17(13-35)28(21)34)26-24(38)12-32-27(26)23-11-31-25-4-2-3-5-36(23)25/h2-5,8-9,11,16,19-20,32H,6-7,10,12-15H2,1H3. The highest BCUT2D eigenvalue weighted by molar-refractivity contribution is 6.33. The number of aromatic nitrogens is 3. The molecule has 2 amide bonds. The zero-order valence-electron chi connectivity index (χ0n) is 21.6. The average molecular weight is 526 g/mol. The van der Waals surface area contributed by atoms with Crippen LogP contribution in [0.2, 0.25) is 0 Å². The van der Waals surface area contributed by atoms with Crippen molar-refractivity contribution >= 4 is 39.6 Å². The zero-order chi connectivity index (χ0) is 26.4. The second kappa shape index (κ2) is 8.16. The number of carbonyl (C=O) groups is 2. The highest BCUT2D eigenvalue weighted by Crippen LogP contribution is 2.38. The third-order valence-electron chi connectivity index (χ3n) is 8.92. The van der Waals surface area contributed by atoms with Crippen LogP contribution in [0, 0.1) is 5.82 Å². The van der Waals surface area contributed by atoms with Gasteiger partial charge in [-0.3, -0.25) is 14.1 Å². The molecular formula is C29H28FN7O2. The van der Waals surface area contributed by atoms with Crippen LogP contribution in [0.15, 0.2) is 48.9 Å². The second-order valence-electron chi connectivity index (χ2n) is 11.1. The molecule has 8 rings (SSSR count). The summed E-state index contributed by atoms with van der Waals surface area (Å²) in [6, 6.07) is 9.52. The first-order valence-electron chi connectivity index (χ1n) is 13.5. The summed E-state index contributed by atoms with van der Waals surface area (Å²) in [6.45, 7) is 3.27. The number of nitrogens with zero attached hydrogens (tertiary/aromatic N) is 6. The van der Waals surface area contributed by atoms with Crippen LogP contribution in [0.3, 0.4) is 0 Å². The fourth-order valence-electron chi connectivity index (χ4n) is 7.05. The van der Waals surface area contributed by atoms with Gasteiger partial charge < -0.3 is 19.7 Å². The Hall–Kier alpha value is -4.18. The first-order valence-corrected chi connectivity index (χ1v) is 13.5. The van der Waals surface area contributed by atoms with Crippen molar-refractivity contribution in [2.24, 2.45) is 0 Å². The normalized spacial score (nSPS) is 23.0. The van der Waals surface area contributed by atoms with Crippen molar-refractivity contribution in [3.8, 4) is 0 Å². The Labute approximate surface area is 224 Å². The fraction of sp³-hybridized carbons (Fsp3) is 0.345. The molecule has 2 atom stereocenters. The highest BCUT2D eigenvalue weighted by Gasteiger charge is 2.45. The molecule has 10 heteroatoms. The molecule has 1 aromatic carbocycles. The van der Waals surface area contributed by atoms with Gasteiger partial charge in [0.1, 0.15) is 11.5 Å². The number of benzene rings is 1. The molecule has 0 aliphatic carbocycles. The Morgan fingerprint density at radius 1 is 1.15 bits per heavy atom.